The van der Waals surface area contributed by atoms with E-state index in [0.717, 1.165) is 0 Å². The number of ether oxygens (including phenoxy) is 1. The Morgan fingerprint density at radius 1 is 1.62 bits per heavy atom. The monoisotopic (exact) mass is 288 g/mol. The van der Waals surface area contributed by atoms with Crippen molar-refractivity contribution in [3.05, 3.63) is 32.8 Å². The SMILES string of the molecule is CC(CN)COc1cccc([N+](=O)[O-])c1Br. The number of nitro groups is 1. The smallest absolute Gasteiger partial charge is 0.287 e. The Labute approximate surface area is 102 Å². The van der Waals surface area contributed by atoms with Gasteiger partial charge in [0.05, 0.1) is 11.5 Å². The van der Waals surface area contributed by atoms with Crippen molar-refractivity contribution in [2.75, 3.05) is 13.2 Å². The van der Waals surface area contributed by atoms with Crippen molar-refractivity contribution in [1.29, 1.82) is 0 Å². The van der Waals surface area contributed by atoms with Crippen LogP contribution in [0.15, 0.2) is 22.7 Å². The minimum absolute atomic E-state index is 0.00194. The van der Waals surface area contributed by atoms with Crippen LogP contribution in [0.25, 0.3) is 0 Å². The van der Waals surface area contributed by atoms with Crippen LogP contribution in [-0.2, 0) is 0 Å². The maximum absolute atomic E-state index is 10.7. The maximum atomic E-state index is 10.7. The van der Waals surface area contributed by atoms with Gasteiger partial charge in [-0.1, -0.05) is 13.0 Å². The molecule has 1 unspecified atom stereocenters. The summed E-state index contributed by atoms with van der Waals surface area (Å²) in [5, 5.41) is 10.7. The van der Waals surface area contributed by atoms with Crippen molar-refractivity contribution in [1.82, 2.24) is 0 Å². The Hall–Kier alpha value is -1.14. The van der Waals surface area contributed by atoms with Gasteiger partial charge in [0.2, 0.25) is 0 Å². The Morgan fingerprint density at radius 3 is 2.88 bits per heavy atom. The maximum Gasteiger partial charge on any atom is 0.287 e. The number of nitrogens with zero attached hydrogens (tertiary/aromatic N) is 1. The standard InChI is InChI=1S/C10H13BrN2O3/c1-7(5-12)6-16-9-4-2-3-8(10(9)11)13(14)15/h2-4,7H,5-6,12H2,1H3. The first kappa shape index (κ1) is 12.9. The first-order valence-corrected chi connectivity index (χ1v) is 5.61. The van der Waals surface area contributed by atoms with Crippen LogP contribution in [0.2, 0.25) is 0 Å². The number of benzene rings is 1. The van der Waals surface area contributed by atoms with Crippen LogP contribution in [0.3, 0.4) is 0 Å². The highest BCUT2D eigenvalue weighted by Crippen LogP contribution is 2.33. The van der Waals surface area contributed by atoms with Crippen LogP contribution in [0.4, 0.5) is 5.69 Å². The molecule has 0 saturated heterocycles. The van der Waals surface area contributed by atoms with Crippen LogP contribution in [0, 0.1) is 16.0 Å². The lowest BCUT2D eigenvalue weighted by Crippen LogP contribution is -2.18. The molecule has 5 nitrogen and oxygen atoms in total. The molecule has 16 heavy (non-hydrogen) atoms. The molecular weight excluding hydrogens is 276 g/mol. The van der Waals surface area contributed by atoms with Crippen molar-refractivity contribution in [3.8, 4) is 5.75 Å². The minimum Gasteiger partial charge on any atom is -0.492 e. The predicted octanol–water partition coefficient (Wildman–Crippen LogP) is 2.33. The van der Waals surface area contributed by atoms with E-state index in [1.54, 1.807) is 12.1 Å². The van der Waals surface area contributed by atoms with E-state index in [2.05, 4.69) is 15.9 Å². The summed E-state index contributed by atoms with van der Waals surface area (Å²) >= 11 is 3.16. The number of hydrogen-bond donors (Lipinski definition) is 1. The van der Waals surface area contributed by atoms with E-state index in [0.29, 0.717) is 23.4 Å². The molecule has 2 N–H and O–H groups in total. The summed E-state index contributed by atoms with van der Waals surface area (Å²) in [5.74, 6) is 0.681. The highest BCUT2D eigenvalue weighted by atomic mass is 79.9. The van der Waals surface area contributed by atoms with E-state index < -0.39 is 4.92 Å². The fraction of sp³-hybridized carbons (Fsp3) is 0.400. The van der Waals surface area contributed by atoms with Gasteiger partial charge < -0.3 is 10.5 Å². The summed E-state index contributed by atoms with van der Waals surface area (Å²) in [7, 11) is 0. The number of nitrogens with two attached hydrogens (primary N) is 1. The number of halogens is 1. The molecule has 0 bridgehead atoms. The molecule has 0 aliphatic rings. The molecule has 88 valence electrons. The van der Waals surface area contributed by atoms with Gasteiger partial charge in [-0.05, 0) is 28.5 Å². The quantitative estimate of drug-likeness (QED) is 0.666. The van der Waals surface area contributed by atoms with E-state index in [-0.39, 0.29) is 11.6 Å². The van der Waals surface area contributed by atoms with Crippen molar-refractivity contribution >= 4 is 21.6 Å². The molecule has 0 saturated carbocycles. The lowest BCUT2D eigenvalue weighted by Gasteiger charge is -2.11. The van der Waals surface area contributed by atoms with Gasteiger partial charge in [-0.15, -0.1) is 0 Å². The Balaban J connectivity index is 2.81. The highest BCUT2D eigenvalue weighted by Gasteiger charge is 2.16. The Kier molecular flexibility index (Phi) is 4.70. The molecule has 0 aliphatic heterocycles. The van der Waals surface area contributed by atoms with Crippen molar-refractivity contribution in [3.63, 3.8) is 0 Å². The van der Waals surface area contributed by atoms with Crippen molar-refractivity contribution in [2.24, 2.45) is 11.7 Å². The summed E-state index contributed by atoms with van der Waals surface area (Å²) in [4.78, 5) is 10.2. The number of hydrogen-bond acceptors (Lipinski definition) is 4. The van der Waals surface area contributed by atoms with Crippen LogP contribution < -0.4 is 10.5 Å². The molecule has 0 aliphatic carbocycles. The Morgan fingerprint density at radius 2 is 2.31 bits per heavy atom. The fourth-order valence-electron chi connectivity index (χ4n) is 1.05. The van der Waals surface area contributed by atoms with E-state index in [1.807, 2.05) is 6.92 Å². The average Bonchev–Trinajstić information content (AvgIpc) is 2.26. The second-order valence-corrected chi connectivity index (χ2v) is 4.29. The third-order valence-electron chi connectivity index (χ3n) is 2.07. The van der Waals surface area contributed by atoms with Gasteiger partial charge in [-0.2, -0.15) is 0 Å². The summed E-state index contributed by atoms with van der Waals surface area (Å²) in [6.07, 6.45) is 0. The molecule has 1 aromatic carbocycles. The third kappa shape index (κ3) is 3.18. The van der Waals surface area contributed by atoms with Gasteiger partial charge in [-0.25, -0.2) is 0 Å². The summed E-state index contributed by atoms with van der Waals surface area (Å²) in [5.41, 5.74) is 5.45. The Bertz CT molecular complexity index is 384. The number of nitro benzene ring substituents is 1. The molecule has 1 aromatic rings. The summed E-state index contributed by atoms with van der Waals surface area (Å²) in [6.45, 7) is 2.91. The van der Waals surface area contributed by atoms with Gasteiger partial charge in [0.15, 0.2) is 0 Å². The van der Waals surface area contributed by atoms with E-state index in [4.69, 9.17) is 10.5 Å². The predicted molar refractivity (Wildman–Crippen MR) is 64.5 cm³/mol. The van der Waals surface area contributed by atoms with Gasteiger partial charge >= 0.3 is 0 Å². The first-order valence-electron chi connectivity index (χ1n) is 4.82. The topological polar surface area (TPSA) is 78.4 Å². The highest BCUT2D eigenvalue weighted by molar-refractivity contribution is 9.10. The van der Waals surface area contributed by atoms with Crippen molar-refractivity contribution < 1.29 is 9.66 Å². The zero-order valence-electron chi connectivity index (χ0n) is 8.85. The second kappa shape index (κ2) is 5.81. The zero-order valence-corrected chi connectivity index (χ0v) is 10.4. The van der Waals surface area contributed by atoms with Gasteiger partial charge in [0, 0.05) is 12.0 Å². The minimum atomic E-state index is -0.455. The molecule has 0 amide bonds. The molecule has 0 aromatic heterocycles. The molecule has 0 radical (unpaired) electrons. The first-order chi connectivity index (χ1) is 7.56. The summed E-state index contributed by atoms with van der Waals surface area (Å²) in [6, 6.07) is 4.69. The number of rotatable bonds is 5. The normalized spacial score (nSPS) is 12.2. The van der Waals surface area contributed by atoms with Crippen LogP contribution in [-0.4, -0.2) is 18.1 Å². The molecule has 0 heterocycles. The van der Waals surface area contributed by atoms with Gasteiger partial charge in [0.25, 0.3) is 5.69 Å². The molecular formula is C10H13BrN2O3. The summed E-state index contributed by atoms with van der Waals surface area (Å²) < 4.78 is 5.81. The molecule has 6 heteroatoms. The van der Waals surface area contributed by atoms with E-state index in [9.17, 15) is 10.1 Å². The van der Waals surface area contributed by atoms with Crippen molar-refractivity contribution in [2.45, 2.75) is 6.92 Å². The van der Waals surface area contributed by atoms with Crippen LogP contribution in [0.1, 0.15) is 6.92 Å². The lowest BCUT2D eigenvalue weighted by atomic mass is 10.2. The zero-order chi connectivity index (χ0) is 12.1. The van der Waals surface area contributed by atoms with E-state index >= 15 is 0 Å². The second-order valence-electron chi connectivity index (χ2n) is 3.50. The fourth-order valence-corrected chi connectivity index (χ4v) is 1.58. The van der Waals surface area contributed by atoms with E-state index in [1.165, 1.54) is 6.07 Å². The lowest BCUT2D eigenvalue weighted by molar-refractivity contribution is -0.385. The molecule has 0 spiro atoms. The van der Waals surface area contributed by atoms with Crippen LogP contribution >= 0.6 is 15.9 Å². The largest absolute Gasteiger partial charge is 0.492 e. The van der Waals surface area contributed by atoms with Gasteiger partial charge in [0.1, 0.15) is 10.2 Å². The molecule has 1 rings (SSSR count). The molecule has 1 atom stereocenters. The van der Waals surface area contributed by atoms with Crippen LogP contribution in [0.5, 0.6) is 5.75 Å². The van der Waals surface area contributed by atoms with Gasteiger partial charge in [-0.3, -0.25) is 10.1 Å². The molecule has 0 fully saturated rings. The average molecular weight is 289 g/mol. The third-order valence-corrected chi connectivity index (χ3v) is 2.86.